The second-order valence-corrected chi connectivity index (χ2v) is 13.2. The molecule has 2 saturated carbocycles. The summed E-state index contributed by atoms with van der Waals surface area (Å²) in [6.45, 7) is 3.40. The minimum Gasteiger partial charge on any atom is -0.432 e. The molecule has 0 atom stereocenters. The molecule has 1 aliphatic heterocycles. The van der Waals surface area contributed by atoms with Crippen LogP contribution in [-0.2, 0) is 20.3 Å². The summed E-state index contributed by atoms with van der Waals surface area (Å²) in [5, 5.41) is 0. The van der Waals surface area contributed by atoms with Crippen LogP contribution >= 0.6 is 0 Å². The molecule has 0 spiro atoms. The molecule has 0 bridgehead atoms. The molecule has 2 aromatic carbocycles. The largest absolute Gasteiger partial charge is 0.527 e. The van der Waals surface area contributed by atoms with Crippen LogP contribution in [0.2, 0.25) is 0 Å². The van der Waals surface area contributed by atoms with Crippen LogP contribution in [0.3, 0.4) is 0 Å². The van der Waals surface area contributed by atoms with E-state index in [0.717, 1.165) is 18.1 Å². The summed E-state index contributed by atoms with van der Waals surface area (Å²) in [6, 6.07) is 2.63. The molecule has 3 fully saturated rings. The second-order valence-electron chi connectivity index (χ2n) is 13.2. The Morgan fingerprint density at radius 3 is 1.83 bits per heavy atom. The number of ether oxygens (including phenoxy) is 4. The molecule has 2 aliphatic carbocycles. The quantitative estimate of drug-likeness (QED) is 0.231. The molecule has 48 heavy (non-hydrogen) atoms. The second kappa shape index (κ2) is 14.7. The summed E-state index contributed by atoms with van der Waals surface area (Å²) in [4.78, 5) is 0. The molecule has 1 saturated heterocycles. The number of rotatable bonds is 10. The molecule has 0 unspecified atom stereocenters. The van der Waals surface area contributed by atoms with Crippen LogP contribution in [0.15, 0.2) is 30.3 Å². The van der Waals surface area contributed by atoms with E-state index in [0.29, 0.717) is 44.0 Å². The Morgan fingerprint density at radius 1 is 0.708 bits per heavy atom. The van der Waals surface area contributed by atoms with E-state index in [1.54, 1.807) is 0 Å². The molecule has 3 aliphatic rings. The maximum Gasteiger partial charge on any atom is 0.527 e. The molecule has 2 aromatic rings. The average molecular weight is 701 g/mol. The number of hydrogen-bond acceptors (Lipinski definition) is 4. The third-order valence-corrected chi connectivity index (χ3v) is 9.92. The standard InChI is InChI=1S/C34H38F10O4/c1-2-3-19-4-6-20(7-5-19)23-17-45-31(46-18-23)21-8-10-24(11-9-21)32(38,39)47-25-12-13-26(27(35)16-25)22-14-28(36)30(29(37)15-22)33(40,41)48-34(42,43)44/h12-16,19-21,23-24,31H,2-11,17-18H2,1H3. The summed E-state index contributed by atoms with van der Waals surface area (Å²) < 4.78 is 158. The normalized spacial score (nSPS) is 27.6. The summed E-state index contributed by atoms with van der Waals surface area (Å²) in [5.74, 6) is -5.71. The van der Waals surface area contributed by atoms with Gasteiger partial charge in [0, 0.05) is 23.5 Å². The van der Waals surface area contributed by atoms with Crippen molar-refractivity contribution >= 4 is 0 Å². The van der Waals surface area contributed by atoms with Crippen molar-refractivity contribution in [3.63, 3.8) is 0 Å². The fourth-order valence-corrected chi connectivity index (χ4v) is 7.40. The molecule has 0 radical (unpaired) electrons. The number of halogens is 10. The van der Waals surface area contributed by atoms with Gasteiger partial charge in [0.05, 0.1) is 19.1 Å². The Bertz CT molecular complexity index is 1350. The summed E-state index contributed by atoms with van der Waals surface area (Å²) >= 11 is 0. The topological polar surface area (TPSA) is 36.9 Å². The van der Waals surface area contributed by atoms with E-state index in [1.165, 1.54) is 38.5 Å². The first kappa shape index (κ1) is 36.7. The SMILES string of the molecule is CCCC1CCC(C2COC(C3CCC(C(F)(F)Oc4ccc(-c5cc(F)c(C(F)(F)OC(F)(F)F)c(F)c5)c(F)c4)CC3)OC2)CC1. The van der Waals surface area contributed by atoms with Gasteiger partial charge in [-0.25, -0.2) is 17.9 Å². The van der Waals surface area contributed by atoms with Crippen LogP contribution in [-0.4, -0.2) is 32.0 Å². The van der Waals surface area contributed by atoms with Crippen molar-refractivity contribution in [2.24, 2.45) is 29.6 Å². The van der Waals surface area contributed by atoms with Crippen LogP contribution in [0.25, 0.3) is 11.1 Å². The van der Waals surface area contributed by atoms with Crippen LogP contribution in [0, 0.1) is 47.0 Å². The van der Waals surface area contributed by atoms with Crippen LogP contribution in [0.1, 0.15) is 76.7 Å². The van der Waals surface area contributed by atoms with Crippen molar-refractivity contribution < 1.29 is 62.9 Å². The molecule has 0 amide bonds. The van der Waals surface area contributed by atoms with Crippen molar-refractivity contribution in [3.05, 3.63) is 53.3 Å². The van der Waals surface area contributed by atoms with E-state index in [1.807, 2.05) is 0 Å². The Hall–Kier alpha value is -2.58. The van der Waals surface area contributed by atoms with Crippen molar-refractivity contribution in [3.8, 4) is 16.9 Å². The zero-order valence-electron chi connectivity index (χ0n) is 26.2. The summed E-state index contributed by atoms with van der Waals surface area (Å²) in [6.07, 6.45) is -7.17. The zero-order chi connectivity index (χ0) is 34.9. The Labute approximate surface area is 272 Å². The highest BCUT2D eigenvalue weighted by Crippen LogP contribution is 2.44. The van der Waals surface area contributed by atoms with Crippen LogP contribution < -0.4 is 4.74 Å². The first-order chi connectivity index (χ1) is 22.6. The number of hydrogen-bond donors (Lipinski definition) is 0. The lowest BCUT2D eigenvalue weighted by Gasteiger charge is -2.41. The first-order valence-corrected chi connectivity index (χ1v) is 16.3. The van der Waals surface area contributed by atoms with E-state index >= 15 is 8.78 Å². The van der Waals surface area contributed by atoms with E-state index in [-0.39, 0.29) is 30.9 Å². The van der Waals surface area contributed by atoms with Gasteiger partial charge in [-0.05, 0) is 80.2 Å². The van der Waals surface area contributed by atoms with Gasteiger partial charge in [0.2, 0.25) is 0 Å². The first-order valence-electron chi connectivity index (χ1n) is 16.3. The van der Waals surface area contributed by atoms with Gasteiger partial charge in [0.1, 0.15) is 28.8 Å². The molecule has 14 heteroatoms. The lowest BCUT2D eigenvalue weighted by molar-refractivity contribution is -0.432. The Balaban J connectivity index is 1.14. The van der Waals surface area contributed by atoms with E-state index < -0.39 is 70.7 Å². The van der Waals surface area contributed by atoms with Gasteiger partial charge >= 0.3 is 18.6 Å². The van der Waals surface area contributed by atoms with Gasteiger partial charge in [-0.1, -0.05) is 32.6 Å². The number of benzene rings is 2. The Morgan fingerprint density at radius 2 is 1.29 bits per heavy atom. The van der Waals surface area contributed by atoms with Crippen LogP contribution in [0.4, 0.5) is 43.9 Å². The highest BCUT2D eigenvalue weighted by molar-refractivity contribution is 5.66. The fraction of sp³-hybridized carbons (Fsp3) is 0.647. The molecule has 0 aromatic heterocycles. The van der Waals surface area contributed by atoms with E-state index in [2.05, 4.69) is 11.7 Å². The molecule has 5 rings (SSSR count). The van der Waals surface area contributed by atoms with Crippen molar-refractivity contribution in [2.75, 3.05) is 13.2 Å². The molecular formula is C34H38F10O4. The van der Waals surface area contributed by atoms with Gasteiger partial charge in [0.25, 0.3) is 0 Å². The third-order valence-electron chi connectivity index (χ3n) is 9.92. The molecule has 268 valence electrons. The lowest BCUT2D eigenvalue weighted by Crippen LogP contribution is -2.43. The summed E-state index contributed by atoms with van der Waals surface area (Å²) in [5.41, 5.74) is -3.61. The summed E-state index contributed by atoms with van der Waals surface area (Å²) in [7, 11) is 0. The third kappa shape index (κ3) is 8.76. The van der Waals surface area contributed by atoms with E-state index in [9.17, 15) is 35.1 Å². The number of alkyl halides is 7. The van der Waals surface area contributed by atoms with Gasteiger partial charge in [-0.15, -0.1) is 13.2 Å². The van der Waals surface area contributed by atoms with Gasteiger partial charge < -0.3 is 14.2 Å². The maximum atomic E-state index is 15.2. The van der Waals surface area contributed by atoms with Crippen molar-refractivity contribution in [1.82, 2.24) is 0 Å². The average Bonchev–Trinajstić information content (AvgIpc) is 3.00. The lowest BCUT2D eigenvalue weighted by atomic mass is 9.74. The minimum absolute atomic E-state index is 0.0535. The maximum absolute atomic E-state index is 15.2. The molecular weight excluding hydrogens is 662 g/mol. The van der Waals surface area contributed by atoms with Gasteiger partial charge in [0.15, 0.2) is 6.29 Å². The predicted octanol–water partition coefficient (Wildman–Crippen LogP) is 10.7. The zero-order valence-corrected chi connectivity index (χ0v) is 26.2. The van der Waals surface area contributed by atoms with Crippen molar-refractivity contribution in [2.45, 2.75) is 96.0 Å². The molecule has 1 heterocycles. The fourth-order valence-electron chi connectivity index (χ4n) is 7.40. The molecule has 4 nitrogen and oxygen atoms in total. The monoisotopic (exact) mass is 700 g/mol. The smallest absolute Gasteiger partial charge is 0.432 e. The molecule has 0 N–H and O–H groups in total. The van der Waals surface area contributed by atoms with Gasteiger partial charge in [-0.3, -0.25) is 0 Å². The highest BCUT2D eigenvalue weighted by atomic mass is 19.4. The van der Waals surface area contributed by atoms with Crippen LogP contribution in [0.5, 0.6) is 5.75 Å². The van der Waals surface area contributed by atoms with E-state index in [4.69, 9.17) is 14.2 Å². The van der Waals surface area contributed by atoms with Crippen molar-refractivity contribution in [1.29, 1.82) is 0 Å². The van der Waals surface area contributed by atoms with Gasteiger partial charge in [-0.2, -0.15) is 17.6 Å². The minimum atomic E-state index is -5.92. The predicted molar refractivity (Wildman–Crippen MR) is 153 cm³/mol. The Kier molecular flexibility index (Phi) is 11.3. The highest BCUT2D eigenvalue weighted by Gasteiger charge is 2.50.